The molecule has 2 rings (SSSR count). The summed E-state index contributed by atoms with van der Waals surface area (Å²) in [7, 11) is -3.45. The first-order valence-corrected chi connectivity index (χ1v) is 16.9. The first-order valence-electron chi connectivity index (χ1n) is 15.0. The van der Waals surface area contributed by atoms with E-state index < -0.39 is 88.5 Å². The van der Waals surface area contributed by atoms with Crippen LogP contribution in [0, 0.1) is 5.92 Å². The first-order chi connectivity index (χ1) is 23.1. The minimum Gasteiger partial charge on any atom is -0.481 e. The van der Waals surface area contributed by atoms with Gasteiger partial charge in [-0.2, -0.15) is 0 Å². The molecular weight excluding hydrogens is 660 g/mol. The van der Waals surface area contributed by atoms with Crippen molar-refractivity contribution in [3.05, 3.63) is 95.4 Å². The predicted molar refractivity (Wildman–Crippen MR) is 177 cm³/mol. The summed E-state index contributed by atoms with van der Waals surface area (Å²) in [5.41, 5.74) is 0.914. The molecule has 0 aliphatic rings. The van der Waals surface area contributed by atoms with Crippen molar-refractivity contribution in [2.45, 2.75) is 57.5 Å². The highest BCUT2D eigenvalue weighted by atomic mass is 32.2. The second kappa shape index (κ2) is 19.3. The number of hydrogen-bond donors (Lipinski definition) is 6. The lowest BCUT2D eigenvalue weighted by molar-refractivity contribution is -0.140. The van der Waals surface area contributed by atoms with E-state index in [0.717, 1.165) is 11.7 Å². The van der Waals surface area contributed by atoms with Crippen LogP contribution in [-0.4, -0.2) is 78.8 Å². The molecule has 6 N–H and O–H groups in total. The molecule has 264 valence electrons. The standard InChI is InChI=1S/C33H40N4O11S/c1-21(2)28(31(43)34-24(18-26(38)39)16-10-11-17-49(3,46)47)36-32(44)29(23-14-8-5-9-15-23)37-30(42)25(19-27(40)41)35-33(45)48-20-22-12-6-4-7-13-22/h4-17,21,24-25,28-29H,18-20H2,1-3H3,(H,34,43)(H,35,45)(H,36,44)(H,37,42)(H,38,39)(H,40,41)/b16-10+,17-11+/t24-,25+,28+,29+/m1/s1. The number of carboxylic acid groups (broad SMARTS) is 2. The molecule has 4 atom stereocenters. The van der Waals surface area contributed by atoms with E-state index in [-0.39, 0.29) is 12.2 Å². The van der Waals surface area contributed by atoms with Crippen LogP contribution in [0.5, 0.6) is 0 Å². The number of benzene rings is 2. The molecule has 2 aromatic rings. The number of carboxylic acids is 2. The number of alkyl carbamates (subject to hydrolysis) is 1. The molecule has 0 aliphatic carbocycles. The van der Waals surface area contributed by atoms with Crippen LogP contribution >= 0.6 is 0 Å². The van der Waals surface area contributed by atoms with Crippen molar-refractivity contribution in [2.24, 2.45) is 5.92 Å². The molecule has 0 fully saturated rings. The zero-order valence-electron chi connectivity index (χ0n) is 27.1. The van der Waals surface area contributed by atoms with Gasteiger partial charge in [-0.1, -0.05) is 92.7 Å². The monoisotopic (exact) mass is 700 g/mol. The summed E-state index contributed by atoms with van der Waals surface area (Å²) in [5.74, 6) is -5.88. The lowest BCUT2D eigenvalue weighted by Crippen LogP contribution is -2.56. The maximum atomic E-state index is 13.7. The molecule has 0 saturated heterocycles. The fourth-order valence-corrected chi connectivity index (χ4v) is 4.64. The normalized spacial score (nSPS) is 14.0. The molecule has 0 spiro atoms. The number of allylic oxidation sites excluding steroid dienone is 2. The van der Waals surface area contributed by atoms with Gasteiger partial charge in [0.1, 0.15) is 24.7 Å². The molecule has 49 heavy (non-hydrogen) atoms. The molecular formula is C33H40N4O11S. The molecule has 0 aromatic heterocycles. The second-order valence-corrected chi connectivity index (χ2v) is 13.1. The predicted octanol–water partition coefficient (Wildman–Crippen LogP) is 1.83. The summed E-state index contributed by atoms with van der Waals surface area (Å²) in [6, 6.07) is 11.0. The van der Waals surface area contributed by atoms with E-state index >= 15 is 0 Å². The van der Waals surface area contributed by atoms with Crippen LogP contribution in [-0.2, 0) is 45.2 Å². The van der Waals surface area contributed by atoms with Gasteiger partial charge in [0.25, 0.3) is 0 Å². The van der Waals surface area contributed by atoms with Crippen molar-refractivity contribution in [3.8, 4) is 0 Å². The second-order valence-electron chi connectivity index (χ2n) is 11.2. The number of hydrogen-bond acceptors (Lipinski definition) is 9. The fourth-order valence-electron chi connectivity index (χ4n) is 4.27. The molecule has 0 bridgehead atoms. The van der Waals surface area contributed by atoms with Gasteiger partial charge < -0.3 is 36.2 Å². The highest BCUT2D eigenvalue weighted by molar-refractivity contribution is 7.93. The summed E-state index contributed by atoms with van der Waals surface area (Å²) in [4.78, 5) is 75.8. The van der Waals surface area contributed by atoms with Crippen molar-refractivity contribution >= 4 is 45.6 Å². The summed E-state index contributed by atoms with van der Waals surface area (Å²) >= 11 is 0. The SMILES string of the molecule is CC(C)[C@H](NC(=O)[C@@H](NC(=O)[C@H](CC(=O)O)NC(=O)OCc1ccccc1)c1ccccc1)C(=O)N[C@H](/C=C/C=C/S(C)(=O)=O)CC(=O)O. The molecule has 0 unspecified atom stereocenters. The van der Waals surface area contributed by atoms with Crippen molar-refractivity contribution in [3.63, 3.8) is 0 Å². The van der Waals surface area contributed by atoms with E-state index in [1.807, 2.05) is 0 Å². The summed E-state index contributed by atoms with van der Waals surface area (Å²) in [6.07, 6.45) is 2.21. The van der Waals surface area contributed by atoms with Gasteiger partial charge in [-0.05, 0) is 17.0 Å². The molecule has 0 heterocycles. The van der Waals surface area contributed by atoms with Gasteiger partial charge in [-0.25, -0.2) is 13.2 Å². The topological polar surface area (TPSA) is 234 Å². The van der Waals surface area contributed by atoms with Crippen molar-refractivity contribution in [1.82, 2.24) is 21.3 Å². The Morgan fingerprint density at radius 2 is 1.35 bits per heavy atom. The molecule has 16 heteroatoms. The lowest BCUT2D eigenvalue weighted by Gasteiger charge is -2.27. The summed E-state index contributed by atoms with van der Waals surface area (Å²) in [6.45, 7) is 3.08. The van der Waals surface area contributed by atoms with Crippen LogP contribution in [0.4, 0.5) is 4.79 Å². The zero-order valence-corrected chi connectivity index (χ0v) is 27.9. The number of carbonyl (C=O) groups is 6. The van der Waals surface area contributed by atoms with Crippen LogP contribution < -0.4 is 21.3 Å². The van der Waals surface area contributed by atoms with E-state index in [1.54, 1.807) is 62.4 Å². The molecule has 0 saturated carbocycles. The average molecular weight is 701 g/mol. The number of aliphatic carboxylic acids is 2. The van der Waals surface area contributed by atoms with Gasteiger partial charge in [0, 0.05) is 11.7 Å². The van der Waals surface area contributed by atoms with E-state index in [2.05, 4.69) is 21.3 Å². The molecule has 0 aliphatic heterocycles. The number of rotatable bonds is 18. The van der Waals surface area contributed by atoms with E-state index in [9.17, 15) is 47.4 Å². The Balaban J connectivity index is 2.26. The van der Waals surface area contributed by atoms with Gasteiger partial charge in [0.2, 0.25) is 17.7 Å². The van der Waals surface area contributed by atoms with Crippen LogP contribution in [0.3, 0.4) is 0 Å². The van der Waals surface area contributed by atoms with E-state index in [1.165, 1.54) is 30.4 Å². The maximum absolute atomic E-state index is 13.7. The molecule has 2 aromatic carbocycles. The average Bonchev–Trinajstić information content (AvgIpc) is 3.02. The first kappa shape index (κ1) is 39.7. The Bertz CT molecular complexity index is 1630. The van der Waals surface area contributed by atoms with Crippen molar-refractivity contribution < 1.29 is 52.1 Å². The number of sulfone groups is 1. The zero-order chi connectivity index (χ0) is 36.6. The van der Waals surface area contributed by atoms with E-state index in [4.69, 9.17) is 4.74 Å². The number of amides is 4. The minimum atomic E-state index is -3.45. The third-order valence-electron chi connectivity index (χ3n) is 6.63. The Hall–Kier alpha value is -5.51. The quantitative estimate of drug-likeness (QED) is 0.123. The molecule has 4 amide bonds. The Morgan fingerprint density at radius 3 is 1.90 bits per heavy atom. The summed E-state index contributed by atoms with van der Waals surface area (Å²) in [5, 5.41) is 29.4. The third-order valence-corrected chi connectivity index (χ3v) is 7.28. The third kappa shape index (κ3) is 15.3. The van der Waals surface area contributed by atoms with Crippen LogP contribution in [0.2, 0.25) is 0 Å². The van der Waals surface area contributed by atoms with Gasteiger partial charge in [0.05, 0.1) is 18.9 Å². The number of carbonyl (C=O) groups excluding carboxylic acids is 4. The minimum absolute atomic E-state index is 0.151. The fraction of sp³-hybridized carbons (Fsp3) is 0.333. The Morgan fingerprint density at radius 1 is 0.755 bits per heavy atom. The van der Waals surface area contributed by atoms with Crippen LogP contribution in [0.15, 0.2) is 84.3 Å². The van der Waals surface area contributed by atoms with Crippen molar-refractivity contribution in [2.75, 3.05) is 6.26 Å². The number of nitrogens with one attached hydrogen (secondary N) is 4. The van der Waals surface area contributed by atoms with Gasteiger partial charge in [-0.15, -0.1) is 0 Å². The largest absolute Gasteiger partial charge is 0.481 e. The van der Waals surface area contributed by atoms with Gasteiger partial charge in [-0.3, -0.25) is 24.0 Å². The maximum Gasteiger partial charge on any atom is 0.408 e. The van der Waals surface area contributed by atoms with Gasteiger partial charge in [0.15, 0.2) is 9.84 Å². The van der Waals surface area contributed by atoms with Gasteiger partial charge >= 0.3 is 18.0 Å². The summed E-state index contributed by atoms with van der Waals surface area (Å²) < 4.78 is 27.8. The highest BCUT2D eigenvalue weighted by Gasteiger charge is 2.33. The number of ether oxygens (including phenoxy) is 1. The highest BCUT2D eigenvalue weighted by Crippen LogP contribution is 2.16. The van der Waals surface area contributed by atoms with Crippen LogP contribution in [0.25, 0.3) is 0 Å². The molecule has 15 nitrogen and oxygen atoms in total. The molecule has 0 radical (unpaired) electrons. The van der Waals surface area contributed by atoms with Crippen molar-refractivity contribution in [1.29, 1.82) is 0 Å². The Labute approximate surface area is 283 Å². The van der Waals surface area contributed by atoms with E-state index in [0.29, 0.717) is 5.56 Å². The van der Waals surface area contributed by atoms with Crippen LogP contribution in [0.1, 0.15) is 43.9 Å². The lowest BCUT2D eigenvalue weighted by atomic mass is 10.00. The Kier molecular flexibility index (Phi) is 15.7. The smallest absolute Gasteiger partial charge is 0.408 e.